The molecule has 0 atom stereocenters. The minimum Gasteiger partial charge on any atom is -0.389 e. The highest BCUT2D eigenvalue weighted by Gasteiger charge is 2.12. The molecule has 1 rings (SSSR count). The lowest BCUT2D eigenvalue weighted by molar-refractivity contribution is 0.0945. The Balaban J connectivity index is 2.72. The van der Waals surface area contributed by atoms with Crippen LogP contribution in [0, 0.1) is 6.92 Å². The van der Waals surface area contributed by atoms with Crippen LogP contribution < -0.4 is 5.32 Å². The summed E-state index contributed by atoms with van der Waals surface area (Å²) in [6.07, 6.45) is 0. The van der Waals surface area contributed by atoms with Crippen LogP contribution in [0.3, 0.4) is 0 Å². The van der Waals surface area contributed by atoms with E-state index in [9.17, 15) is 5.11 Å². The highest BCUT2D eigenvalue weighted by molar-refractivity contribution is 9.10. The molecule has 14 heavy (non-hydrogen) atoms. The average molecular weight is 260 g/mol. The smallest absolute Gasteiger partial charge is 0.130 e. The standard InChI is InChI=1S/C9H14BrN3O/c1-6-7(4-8(10)13-12-6)11-5-9(2,3)14/h4,14H,5H2,1-3H3,(H,11,13). The molecule has 0 unspecified atom stereocenters. The van der Waals surface area contributed by atoms with Gasteiger partial charge in [0.2, 0.25) is 0 Å². The maximum absolute atomic E-state index is 9.53. The molecule has 0 aliphatic rings. The second-order valence-electron chi connectivity index (χ2n) is 3.83. The first-order valence-corrected chi connectivity index (χ1v) is 5.14. The summed E-state index contributed by atoms with van der Waals surface area (Å²) in [7, 11) is 0. The maximum atomic E-state index is 9.53. The Morgan fingerprint density at radius 1 is 1.50 bits per heavy atom. The van der Waals surface area contributed by atoms with Crippen molar-refractivity contribution in [2.75, 3.05) is 11.9 Å². The fourth-order valence-electron chi connectivity index (χ4n) is 0.920. The minimum atomic E-state index is -0.734. The molecule has 0 spiro atoms. The number of halogens is 1. The van der Waals surface area contributed by atoms with E-state index in [0.29, 0.717) is 11.1 Å². The van der Waals surface area contributed by atoms with Crippen molar-refractivity contribution in [2.45, 2.75) is 26.4 Å². The van der Waals surface area contributed by atoms with E-state index in [-0.39, 0.29) is 0 Å². The molecule has 5 heteroatoms. The van der Waals surface area contributed by atoms with Crippen LogP contribution in [0.15, 0.2) is 10.7 Å². The van der Waals surface area contributed by atoms with E-state index in [2.05, 4.69) is 31.4 Å². The van der Waals surface area contributed by atoms with Gasteiger partial charge in [-0.2, -0.15) is 5.10 Å². The molecule has 0 saturated carbocycles. The zero-order valence-corrected chi connectivity index (χ0v) is 10.1. The van der Waals surface area contributed by atoms with Gasteiger partial charge in [-0.1, -0.05) is 0 Å². The molecule has 4 nitrogen and oxygen atoms in total. The number of aromatic nitrogens is 2. The molecule has 0 bridgehead atoms. The number of aryl methyl sites for hydroxylation is 1. The number of hydrogen-bond acceptors (Lipinski definition) is 4. The second kappa shape index (κ2) is 4.23. The van der Waals surface area contributed by atoms with Crippen LogP contribution in [0.5, 0.6) is 0 Å². The fourth-order valence-corrected chi connectivity index (χ4v) is 1.23. The van der Waals surface area contributed by atoms with Crippen LogP contribution in [0.4, 0.5) is 5.69 Å². The van der Waals surface area contributed by atoms with Crippen molar-refractivity contribution in [3.8, 4) is 0 Å². The lowest BCUT2D eigenvalue weighted by atomic mass is 10.1. The Kier molecular flexibility index (Phi) is 3.44. The Morgan fingerprint density at radius 3 is 2.71 bits per heavy atom. The van der Waals surface area contributed by atoms with E-state index < -0.39 is 5.60 Å². The van der Waals surface area contributed by atoms with Gasteiger partial charge in [-0.3, -0.25) is 0 Å². The first-order valence-electron chi connectivity index (χ1n) is 4.34. The van der Waals surface area contributed by atoms with Crippen LogP contribution in [-0.2, 0) is 0 Å². The second-order valence-corrected chi connectivity index (χ2v) is 4.64. The van der Waals surface area contributed by atoms with Crippen molar-refractivity contribution in [3.05, 3.63) is 16.4 Å². The SMILES string of the molecule is Cc1nnc(Br)cc1NCC(C)(C)O. The first kappa shape index (κ1) is 11.4. The van der Waals surface area contributed by atoms with Gasteiger partial charge in [-0.25, -0.2) is 0 Å². The van der Waals surface area contributed by atoms with Gasteiger partial charge in [-0.05, 0) is 42.8 Å². The summed E-state index contributed by atoms with van der Waals surface area (Å²) in [5, 5.41) is 20.4. The monoisotopic (exact) mass is 259 g/mol. The van der Waals surface area contributed by atoms with Gasteiger partial charge >= 0.3 is 0 Å². The number of nitrogens with one attached hydrogen (secondary N) is 1. The van der Waals surface area contributed by atoms with Crippen LogP contribution in [-0.4, -0.2) is 27.4 Å². The molecular formula is C9H14BrN3O. The van der Waals surface area contributed by atoms with Gasteiger partial charge < -0.3 is 10.4 Å². The largest absolute Gasteiger partial charge is 0.389 e. The van der Waals surface area contributed by atoms with Crippen LogP contribution >= 0.6 is 15.9 Å². The van der Waals surface area contributed by atoms with Crippen molar-refractivity contribution in [2.24, 2.45) is 0 Å². The maximum Gasteiger partial charge on any atom is 0.130 e. The Hall–Kier alpha value is -0.680. The van der Waals surface area contributed by atoms with Crippen molar-refractivity contribution < 1.29 is 5.11 Å². The van der Waals surface area contributed by atoms with E-state index >= 15 is 0 Å². The Labute approximate surface area is 91.9 Å². The molecule has 0 aromatic carbocycles. The molecule has 1 aromatic heterocycles. The van der Waals surface area contributed by atoms with Crippen LogP contribution in [0.2, 0.25) is 0 Å². The van der Waals surface area contributed by atoms with Gasteiger partial charge in [0, 0.05) is 6.54 Å². The molecule has 0 radical (unpaired) electrons. The highest BCUT2D eigenvalue weighted by atomic mass is 79.9. The van der Waals surface area contributed by atoms with E-state index in [1.54, 1.807) is 13.8 Å². The van der Waals surface area contributed by atoms with Crippen molar-refractivity contribution in [1.29, 1.82) is 0 Å². The number of nitrogens with zero attached hydrogens (tertiary/aromatic N) is 2. The summed E-state index contributed by atoms with van der Waals surface area (Å²) >= 11 is 3.24. The van der Waals surface area contributed by atoms with Gasteiger partial charge in [0.25, 0.3) is 0 Å². The van der Waals surface area contributed by atoms with Gasteiger partial charge in [0.05, 0.1) is 17.0 Å². The molecule has 0 aliphatic carbocycles. The van der Waals surface area contributed by atoms with E-state index in [4.69, 9.17) is 0 Å². The zero-order valence-electron chi connectivity index (χ0n) is 8.50. The first-order chi connectivity index (χ1) is 6.38. The molecule has 1 aromatic rings. The highest BCUT2D eigenvalue weighted by Crippen LogP contribution is 2.16. The minimum absolute atomic E-state index is 0.478. The molecular weight excluding hydrogens is 246 g/mol. The third-order valence-electron chi connectivity index (χ3n) is 1.66. The van der Waals surface area contributed by atoms with Gasteiger partial charge in [0.1, 0.15) is 4.60 Å². The van der Waals surface area contributed by atoms with Crippen LogP contribution in [0.1, 0.15) is 19.5 Å². The number of rotatable bonds is 3. The molecule has 0 amide bonds. The topological polar surface area (TPSA) is 58.0 Å². The van der Waals surface area contributed by atoms with E-state index in [0.717, 1.165) is 11.4 Å². The van der Waals surface area contributed by atoms with Gasteiger partial charge in [0.15, 0.2) is 0 Å². The Bertz CT molecular complexity index is 322. The van der Waals surface area contributed by atoms with Crippen molar-refractivity contribution in [3.63, 3.8) is 0 Å². The number of anilines is 1. The van der Waals surface area contributed by atoms with Crippen LogP contribution in [0.25, 0.3) is 0 Å². The predicted molar refractivity (Wildman–Crippen MR) is 59.3 cm³/mol. The fraction of sp³-hybridized carbons (Fsp3) is 0.556. The summed E-state index contributed by atoms with van der Waals surface area (Å²) in [6, 6.07) is 1.84. The number of hydrogen-bond donors (Lipinski definition) is 2. The summed E-state index contributed by atoms with van der Waals surface area (Å²) < 4.78 is 0.682. The summed E-state index contributed by atoms with van der Waals surface area (Å²) in [5.74, 6) is 0. The van der Waals surface area contributed by atoms with Crippen molar-refractivity contribution >= 4 is 21.6 Å². The van der Waals surface area contributed by atoms with E-state index in [1.165, 1.54) is 0 Å². The molecule has 0 fully saturated rings. The normalized spacial score (nSPS) is 11.5. The average Bonchev–Trinajstić information content (AvgIpc) is 2.05. The summed E-state index contributed by atoms with van der Waals surface area (Å²) in [5.41, 5.74) is 0.966. The third kappa shape index (κ3) is 3.59. The molecule has 1 heterocycles. The number of aliphatic hydroxyl groups is 1. The summed E-state index contributed by atoms with van der Waals surface area (Å²) in [6.45, 7) is 5.84. The quantitative estimate of drug-likeness (QED) is 0.869. The molecule has 0 saturated heterocycles. The third-order valence-corrected chi connectivity index (χ3v) is 2.05. The van der Waals surface area contributed by atoms with Crippen molar-refractivity contribution in [1.82, 2.24) is 10.2 Å². The molecule has 2 N–H and O–H groups in total. The predicted octanol–water partition coefficient (Wildman–Crippen LogP) is 1.73. The lowest BCUT2D eigenvalue weighted by Crippen LogP contribution is -2.29. The zero-order chi connectivity index (χ0) is 10.8. The van der Waals surface area contributed by atoms with E-state index in [1.807, 2.05) is 13.0 Å². The lowest BCUT2D eigenvalue weighted by Gasteiger charge is -2.19. The Morgan fingerprint density at radius 2 is 2.14 bits per heavy atom. The van der Waals surface area contributed by atoms with Gasteiger partial charge in [-0.15, -0.1) is 5.10 Å². The molecule has 0 aliphatic heterocycles. The molecule has 78 valence electrons. The summed E-state index contributed by atoms with van der Waals surface area (Å²) in [4.78, 5) is 0.